The molecule has 6 rings (SSSR count). The van der Waals surface area contributed by atoms with Crippen molar-refractivity contribution < 1.29 is 32.4 Å². The Morgan fingerprint density at radius 3 is 2.12 bits per heavy atom. The number of urea groups is 1. The number of likely N-dealkylation sites (tertiary alicyclic amines) is 1. The summed E-state index contributed by atoms with van der Waals surface area (Å²) in [6.45, 7) is 10.3. The van der Waals surface area contributed by atoms with Crippen molar-refractivity contribution in [2.75, 3.05) is 18.8 Å². The SMILES string of the molecule is C=CCNC(=O)C(=O)[C@H](CC1CC1)NC(=O)[C@@H]1[C@@H]2[C@H](CN1C(=O)[C@@H](NC(=O)NC1([C@@H]3CCCS3(=O)=O)CCCCC1)C1(C)CCCCC1)C2(C)C. The molecular weight excluding hydrogens is 671 g/mol. The Kier molecular flexibility index (Phi) is 10.7. The number of ketones is 1. The summed E-state index contributed by atoms with van der Waals surface area (Å²) in [5, 5.41) is 11.0. The number of nitrogens with zero attached hydrogens (tertiary/aromatic N) is 1. The first kappa shape index (κ1) is 37.8. The molecule has 2 aliphatic heterocycles. The maximum absolute atomic E-state index is 14.9. The van der Waals surface area contributed by atoms with Crippen molar-refractivity contribution in [3.8, 4) is 0 Å². The van der Waals surface area contributed by atoms with E-state index in [-0.39, 0.29) is 41.4 Å². The second kappa shape index (κ2) is 14.5. The monoisotopic (exact) mass is 729 g/mol. The first-order valence-corrected chi connectivity index (χ1v) is 21.2. The quantitative estimate of drug-likeness (QED) is 0.166. The van der Waals surface area contributed by atoms with E-state index in [0.29, 0.717) is 38.6 Å². The Hall–Kier alpha value is -2.96. The molecule has 0 unspecified atom stereocenters. The van der Waals surface area contributed by atoms with Crippen LogP contribution >= 0.6 is 0 Å². The van der Waals surface area contributed by atoms with Crippen LogP contribution in [0.5, 0.6) is 0 Å². The first-order chi connectivity index (χ1) is 24.1. The minimum atomic E-state index is -3.36. The molecule has 12 nitrogen and oxygen atoms in total. The summed E-state index contributed by atoms with van der Waals surface area (Å²) < 4.78 is 26.4. The lowest BCUT2D eigenvalue weighted by Crippen LogP contribution is -2.66. The maximum atomic E-state index is 14.9. The number of Topliss-reactive ketones (excluding diaryl/α,β-unsaturated/α-hetero) is 1. The van der Waals surface area contributed by atoms with Gasteiger partial charge in [0.2, 0.25) is 17.6 Å². The van der Waals surface area contributed by atoms with Gasteiger partial charge in [-0.15, -0.1) is 6.58 Å². The van der Waals surface area contributed by atoms with E-state index in [0.717, 1.165) is 64.2 Å². The highest BCUT2D eigenvalue weighted by molar-refractivity contribution is 7.92. The van der Waals surface area contributed by atoms with Gasteiger partial charge >= 0.3 is 6.03 Å². The fourth-order valence-corrected chi connectivity index (χ4v) is 12.6. The van der Waals surface area contributed by atoms with Gasteiger partial charge in [0, 0.05) is 13.1 Å². The summed E-state index contributed by atoms with van der Waals surface area (Å²) in [5.41, 5.74) is -1.63. The highest BCUT2D eigenvalue weighted by Crippen LogP contribution is 2.65. The highest BCUT2D eigenvalue weighted by Gasteiger charge is 2.70. The molecule has 0 aromatic rings. The van der Waals surface area contributed by atoms with Gasteiger partial charge in [-0.25, -0.2) is 13.2 Å². The Bertz CT molecular complexity index is 1510. The molecule has 4 N–H and O–H groups in total. The van der Waals surface area contributed by atoms with Gasteiger partial charge in [0.15, 0.2) is 9.84 Å². The molecule has 0 bridgehead atoms. The molecule has 2 heterocycles. The van der Waals surface area contributed by atoms with Crippen LogP contribution in [0.2, 0.25) is 0 Å². The average molecular weight is 730 g/mol. The summed E-state index contributed by atoms with van der Waals surface area (Å²) in [7, 11) is -3.36. The normalized spacial score (nSPS) is 30.9. The zero-order valence-corrected chi connectivity index (χ0v) is 31.6. The first-order valence-electron chi connectivity index (χ1n) is 19.5. The van der Waals surface area contributed by atoms with E-state index in [1.807, 2.05) is 6.92 Å². The summed E-state index contributed by atoms with van der Waals surface area (Å²) >= 11 is 0. The minimum absolute atomic E-state index is 0.0809. The molecule has 0 spiro atoms. The topological polar surface area (TPSA) is 171 Å². The van der Waals surface area contributed by atoms with Crippen molar-refractivity contribution in [2.45, 2.75) is 146 Å². The second-order valence-corrected chi connectivity index (χ2v) is 19.8. The predicted molar refractivity (Wildman–Crippen MR) is 193 cm³/mol. The number of fused-ring (bicyclic) bond motifs is 1. The van der Waals surface area contributed by atoms with E-state index in [4.69, 9.17) is 0 Å². The molecular formula is C38H59N5O7S. The smallest absolute Gasteiger partial charge is 0.315 e. The summed E-state index contributed by atoms with van der Waals surface area (Å²) in [5.74, 6) is -1.90. The molecule has 0 aromatic heterocycles. The van der Waals surface area contributed by atoms with Gasteiger partial charge in [-0.2, -0.15) is 0 Å². The van der Waals surface area contributed by atoms with Crippen molar-refractivity contribution in [3.05, 3.63) is 12.7 Å². The van der Waals surface area contributed by atoms with Crippen LogP contribution in [0.4, 0.5) is 4.79 Å². The van der Waals surface area contributed by atoms with Gasteiger partial charge in [-0.1, -0.05) is 78.2 Å². The predicted octanol–water partition coefficient (Wildman–Crippen LogP) is 3.54. The highest BCUT2D eigenvalue weighted by atomic mass is 32.2. The minimum Gasteiger partial charge on any atom is -0.346 e. The molecule has 4 aliphatic carbocycles. The van der Waals surface area contributed by atoms with E-state index in [2.05, 4.69) is 41.7 Å². The number of rotatable bonds is 13. The van der Waals surface area contributed by atoms with Gasteiger partial charge in [-0.3, -0.25) is 19.2 Å². The third kappa shape index (κ3) is 7.60. The third-order valence-corrected chi connectivity index (χ3v) is 16.0. The molecule has 5 amide bonds. The average Bonchev–Trinajstić information content (AvgIpc) is 3.87. The van der Waals surface area contributed by atoms with Crippen molar-refractivity contribution in [2.24, 2.45) is 28.6 Å². The molecule has 2 saturated heterocycles. The summed E-state index contributed by atoms with van der Waals surface area (Å²) in [6.07, 6.45) is 12.9. The van der Waals surface area contributed by atoms with Crippen LogP contribution in [0, 0.1) is 28.6 Å². The summed E-state index contributed by atoms with van der Waals surface area (Å²) in [4.78, 5) is 70.9. The van der Waals surface area contributed by atoms with Gasteiger partial charge in [0.25, 0.3) is 5.91 Å². The van der Waals surface area contributed by atoms with E-state index in [9.17, 15) is 32.4 Å². The number of carbonyl (C=O) groups is 5. The Labute approximate surface area is 303 Å². The lowest BCUT2D eigenvalue weighted by Gasteiger charge is -2.45. The van der Waals surface area contributed by atoms with Gasteiger partial charge in [-0.05, 0) is 73.5 Å². The van der Waals surface area contributed by atoms with Crippen molar-refractivity contribution >= 4 is 39.4 Å². The molecule has 6 atom stereocenters. The third-order valence-electron chi connectivity index (χ3n) is 13.6. The van der Waals surface area contributed by atoms with Crippen molar-refractivity contribution in [1.82, 2.24) is 26.2 Å². The largest absolute Gasteiger partial charge is 0.346 e. The number of hydrogen-bond acceptors (Lipinski definition) is 7. The van der Waals surface area contributed by atoms with Gasteiger partial charge < -0.3 is 26.2 Å². The van der Waals surface area contributed by atoms with Crippen LogP contribution in [0.1, 0.15) is 117 Å². The van der Waals surface area contributed by atoms with E-state index >= 15 is 0 Å². The van der Waals surface area contributed by atoms with Crippen LogP contribution in [0.3, 0.4) is 0 Å². The van der Waals surface area contributed by atoms with E-state index in [1.165, 1.54) is 6.08 Å². The molecule has 6 aliphatic rings. The summed E-state index contributed by atoms with van der Waals surface area (Å²) in [6, 6.07) is -3.31. The zero-order valence-electron chi connectivity index (χ0n) is 30.8. The standard InChI is InChI=1S/C38H59N5O7S/c1-5-20-39-33(46)30(44)26(22-24-14-15-24)40-32(45)29-28-25(36(28,2)3)23-43(29)34(47)31(37(4)16-8-6-9-17-37)41-35(48)42-38(18-10-7-11-19-38)27-13-12-21-51(27,49)50/h5,24-29,31H,1,6-23H2,2-4H3,(H,39,46)(H,40,45)(H2,41,42,48)/t25-,26-,27-,28-,29-,31+/m0/s1. The number of hydrogen-bond donors (Lipinski definition) is 4. The lowest BCUT2D eigenvalue weighted by molar-refractivity contribution is -0.146. The molecule has 13 heteroatoms. The van der Waals surface area contributed by atoms with Crippen molar-refractivity contribution in [3.63, 3.8) is 0 Å². The second-order valence-electron chi connectivity index (χ2n) is 17.5. The molecule has 284 valence electrons. The van der Waals surface area contributed by atoms with Crippen LogP contribution < -0.4 is 21.3 Å². The van der Waals surface area contributed by atoms with Gasteiger partial charge in [0.1, 0.15) is 12.1 Å². The lowest BCUT2D eigenvalue weighted by atomic mass is 9.70. The number of piperidine rings is 1. The number of carbonyl (C=O) groups excluding carboxylic acids is 5. The maximum Gasteiger partial charge on any atom is 0.315 e. The fraction of sp³-hybridized carbons (Fsp3) is 0.816. The van der Waals surface area contributed by atoms with Crippen LogP contribution in [-0.4, -0.2) is 90.6 Å². The Morgan fingerprint density at radius 2 is 1.53 bits per heavy atom. The molecule has 6 fully saturated rings. The number of nitrogens with one attached hydrogen (secondary N) is 4. The number of amides is 5. The van der Waals surface area contributed by atoms with E-state index < -0.39 is 67.8 Å². The van der Waals surface area contributed by atoms with E-state index in [1.54, 1.807) is 4.90 Å². The molecule has 4 saturated carbocycles. The molecule has 0 radical (unpaired) electrons. The zero-order chi connectivity index (χ0) is 36.8. The van der Waals surface area contributed by atoms with Crippen LogP contribution in [0.25, 0.3) is 0 Å². The molecule has 51 heavy (non-hydrogen) atoms. The van der Waals surface area contributed by atoms with Crippen LogP contribution in [-0.2, 0) is 29.0 Å². The van der Waals surface area contributed by atoms with Crippen molar-refractivity contribution in [1.29, 1.82) is 0 Å². The fourth-order valence-electron chi connectivity index (χ4n) is 10.3. The van der Waals surface area contributed by atoms with Crippen LogP contribution in [0.15, 0.2) is 12.7 Å². The Morgan fingerprint density at radius 1 is 0.882 bits per heavy atom. The molecule has 0 aromatic carbocycles. The Balaban J connectivity index is 1.25. The van der Waals surface area contributed by atoms with Gasteiger partial charge in [0.05, 0.1) is 22.6 Å². The number of sulfone groups is 1.